The van der Waals surface area contributed by atoms with E-state index >= 15 is 0 Å². The number of nitrogens with one attached hydrogen (secondary N) is 1. The number of benzene rings is 1. The molecule has 2 aromatic rings. The first-order valence-electron chi connectivity index (χ1n) is 5.22. The van der Waals surface area contributed by atoms with Gasteiger partial charge in [0.05, 0.1) is 12.2 Å². The first-order chi connectivity index (χ1) is 8.88. The molecule has 0 spiro atoms. The minimum atomic E-state index is -3.74. The summed E-state index contributed by atoms with van der Waals surface area (Å²) in [5.74, 6) is 0.630. The maximum absolute atomic E-state index is 12.1. The van der Waals surface area contributed by atoms with Crippen molar-refractivity contribution in [3.63, 3.8) is 0 Å². The van der Waals surface area contributed by atoms with E-state index in [9.17, 15) is 8.42 Å². The fourth-order valence-electron chi connectivity index (χ4n) is 1.39. The zero-order valence-corrected chi connectivity index (χ0v) is 12.3. The molecule has 0 fully saturated rings. The maximum atomic E-state index is 12.1. The molecular formula is C10H11BrN4O3S. The fourth-order valence-corrected chi connectivity index (χ4v) is 3.03. The fraction of sp³-hybridized carbons (Fsp3) is 0.200. The Balaban J connectivity index is 2.20. The van der Waals surface area contributed by atoms with Crippen LogP contribution in [0.15, 0.2) is 32.1 Å². The van der Waals surface area contributed by atoms with Gasteiger partial charge >= 0.3 is 0 Å². The molecule has 0 aliphatic rings. The van der Waals surface area contributed by atoms with Crippen molar-refractivity contribution in [2.75, 3.05) is 5.73 Å². The molecule has 7 nitrogen and oxygen atoms in total. The maximum Gasteiger partial charge on any atom is 0.243 e. The van der Waals surface area contributed by atoms with E-state index in [1.165, 1.54) is 12.1 Å². The molecule has 19 heavy (non-hydrogen) atoms. The van der Waals surface area contributed by atoms with Crippen molar-refractivity contribution >= 4 is 31.6 Å². The molecule has 0 bridgehead atoms. The SMILES string of the molecule is Cc1noc(CNS(=O)(=O)c2cc(Br)ccc2N)n1. The van der Waals surface area contributed by atoms with Gasteiger partial charge in [0.2, 0.25) is 15.9 Å². The summed E-state index contributed by atoms with van der Waals surface area (Å²) in [5.41, 5.74) is 5.82. The number of hydrogen-bond acceptors (Lipinski definition) is 6. The summed E-state index contributed by atoms with van der Waals surface area (Å²) < 4.78 is 32.0. The van der Waals surface area contributed by atoms with Gasteiger partial charge in [-0.15, -0.1) is 0 Å². The Morgan fingerprint density at radius 1 is 1.47 bits per heavy atom. The van der Waals surface area contributed by atoms with Crippen molar-refractivity contribution in [1.82, 2.24) is 14.9 Å². The minimum Gasteiger partial charge on any atom is -0.398 e. The number of sulfonamides is 1. The lowest BCUT2D eigenvalue weighted by Crippen LogP contribution is -2.24. The van der Waals surface area contributed by atoms with Gasteiger partial charge in [-0.1, -0.05) is 21.1 Å². The van der Waals surface area contributed by atoms with E-state index in [0.717, 1.165) is 0 Å². The summed E-state index contributed by atoms with van der Waals surface area (Å²) in [6.07, 6.45) is 0. The molecule has 1 heterocycles. The molecule has 0 saturated heterocycles. The molecule has 9 heteroatoms. The Morgan fingerprint density at radius 2 is 2.21 bits per heavy atom. The lowest BCUT2D eigenvalue weighted by molar-refractivity contribution is 0.372. The van der Waals surface area contributed by atoms with Gasteiger partial charge in [-0.05, 0) is 25.1 Å². The van der Waals surface area contributed by atoms with E-state index in [0.29, 0.717) is 10.3 Å². The lowest BCUT2D eigenvalue weighted by atomic mass is 10.3. The average Bonchev–Trinajstić information content (AvgIpc) is 2.76. The second kappa shape index (κ2) is 5.27. The van der Waals surface area contributed by atoms with Crippen molar-refractivity contribution in [1.29, 1.82) is 0 Å². The molecule has 102 valence electrons. The molecule has 3 N–H and O–H groups in total. The van der Waals surface area contributed by atoms with E-state index in [1.54, 1.807) is 13.0 Å². The van der Waals surface area contributed by atoms with Gasteiger partial charge in [-0.2, -0.15) is 4.98 Å². The van der Waals surface area contributed by atoms with Crippen molar-refractivity contribution in [2.45, 2.75) is 18.4 Å². The smallest absolute Gasteiger partial charge is 0.243 e. The number of nitrogen functional groups attached to an aromatic ring is 1. The number of aromatic nitrogens is 2. The van der Waals surface area contributed by atoms with Gasteiger partial charge in [0.15, 0.2) is 5.82 Å². The van der Waals surface area contributed by atoms with Crippen LogP contribution >= 0.6 is 15.9 Å². The van der Waals surface area contributed by atoms with Gasteiger partial charge < -0.3 is 10.3 Å². The van der Waals surface area contributed by atoms with E-state index in [4.69, 9.17) is 10.3 Å². The summed E-state index contributed by atoms with van der Waals surface area (Å²) in [6, 6.07) is 4.60. The number of anilines is 1. The molecule has 1 aromatic carbocycles. The number of rotatable bonds is 4. The van der Waals surface area contributed by atoms with E-state index in [2.05, 4.69) is 30.8 Å². The molecule has 0 aliphatic carbocycles. The number of halogens is 1. The van der Waals surface area contributed by atoms with Gasteiger partial charge in [0, 0.05) is 4.47 Å². The summed E-state index contributed by atoms with van der Waals surface area (Å²) in [4.78, 5) is 3.90. The quantitative estimate of drug-likeness (QED) is 0.804. The minimum absolute atomic E-state index is 0.00175. The average molecular weight is 347 g/mol. The van der Waals surface area contributed by atoms with Gasteiger partial charge in [-0.3, -0.25) is 0 Å². The van der Waals surface area contributed by atoms with Crippen molar-refractivity contribution in [3.8, 4) is 0 Å². The second-order valence-corrected chi connectivity index (χ2v) is 6.39. The predicted octanol–water partition coefficient (Wildman–Crippen LogP) is 1.20. The zero-order valence-electron chi connectivity index (χ0n) is 9.92. The molecule has 0 aliphatic heterocycles. The van der Waals surface area contributed by atoms with E-state index in [-0.39, 0.29) is 23.0 Å². The van der Waals surface area contributed by atoms with E-state index < -0.39 is 10.0 Å². The van der Waals surface area contributed by atoms with Crippen LogP contribution in [-0.2, 0) is 16.6 Å². The highest BCUT2D eigenvalue weighted by molar-refractivity contribution is 9.10. The third-order valence-corrected chi connectivity index (χ3v) is 4.20. The number of aryl methyl sites for hydroxylation is 1. The van der Waals surface area contributed by atoms with Crippen LogP contribution in [-0.4, -0.2) is 18.6 Å². The Kier molecular flexibility index (Phi) is 3.88. The molecule has 2 rings (SSSR count). The summed E-state index contributed by atoms with van der Waals surface area (Å²) in [5, 5.41) is 3.57. The highest BCUT2D eigenvalue weighted by atomic mass is 79.9. The molecule has 0 saturated carbocycles. The third kappa shape index (κ3) is 3.31. The van der Waals surface area contributed by atoms with Crippen LogP contribution in [0.1, 0.15) is 11.7 Å². The summed E-state index contributed by atoms with van der Waals surface area (Å²) >= 11 is 3.20. The van der Waals surface area contributed by atoms with Gasteiger partial charge in [0.1, 0.15) is 4.90 Å². The third-order valence-electron chi connectivity index (χ3n) is 2.25. The van der Waals surface area contributed by atoms with Gasteiger partial charge in [0.25, 0.3) is 0 Å². The van der Waals surface area contributed by atoms with Crippen molar-refractivity contribution in [3.05, 3.63) is 34.4 Å². The second-order valence-electron chi connectivity index (χ2n) is 3.74. The Bertz CT molecular complexity index is 699. The first kappa shape index (κ1) is 14.0. The first-order valence-corrected chi connectivity index (χ1v) is 7.50. The highest BCUT2D eigenvalue weighted by Gasteiger charge is 2.18. The summed E-state index contributed by atoms with van der Waals surface area (Å²) in [7, 11) is -3.74. The molecule has 0 unspecified atom stereocenters. The molecule has 1 aromatic heterocycles. The van der Waals surface area contributed by atoms with Crippen LogP contribution in [0.25, 0.3) is 0 Å². The molecule has 0 amide bonds. The number of hydrogen-bond donors (Lipinski definition) is 2. The van der Waals surface area contributed by atoms with Crippen LogP contribution in [0, 0.1) is 6.92 Å². The number of nitrogens with zero attached hydrogens (tertiary/aromatic N) is 2. The van der Waals surface area contributed by atoms with Crippen LogP contribution < -0.4 is 10.5 Å². The predicted molar refractivity (Wildman–Crippen MR) is 71.6 cm³/mol. The van der Waals surface area contributed by atoms with E-state index in [1.807, 2.05) is 0 Å². The van der Waals surface area contributed by atoms with Crippen LogP contribution in [0.4, 0.5) is 5.69 Å². The Labute approximate surface area is 118 Å². The lowest BCUT2D eigenvalue weighted by Gasteiger charge is -2.07. The number of nitrogens with two attached hydrogens (primary N) is 1. The van der Waals surface area contributed by atoms with Crippen LogP contribution in [0.3, 0.4) is 0 Å². The largest absolute Gasteiger partial charge is 0.398 e. The van der Waals surface area contributed by atoms with Crippen molar-refractivity contribution < 1.29 is 12.9 Å². The Morgan fingerprint density at radius 3 is 2.84 bits per heavy atom. The van der Waals surface area contributed by atoms with Crippen LogP contribution in [0.5, 0.6) is 0 Å². The van der Waals surface area contributed by atoms with Crippen molar-refractivity contribution in [2.24, 2.45) is 0 Å². The van der Waals surface area contributed by atoms with Crippen LogP contribution in [0.2, 0.25) is 0 Å². The monoisotopic (exact) mass is 346 g/mol. The normalized spacial score (nSPS) is 11.7. The highest BCUT2D eigenvalue weighted by Crippen LogP contribution is 2.22. The molecule has 0 atom stereocenters. The molecular weight excluding hydrogens is 336 g/mol. The standard InChI is InChI=1S/C10H11BrN4O3S/c1-6-14-10(18-15-6)5-13-19(16,17)9-4-7(11)2-3-8(9)12/h2-4,13H,5,12H2,1H3. The topological polar surface area (TPSA) is 111 Å². The Hall–Kier alpha value is -1.45. The zero-order chi connectivity index (χ0) is 14.0. The van der Waals surface area contributed by atoms with Gasteiger partial charge in [-0.25, -0.2) is 13.1 Å². The summed E-state index contributed by atoms with van der Waals surface area (Å²) in [6.45, 7) is 1.56. The molecule has 0 radical (unpaired) electrons.